The maximum absolute atomic E-state index is 14.6. The van der Waals surface area contributed by atoms with E-state index in [4.69, 9.17) is 9.73 Å². The van der Waals surface area contributed by atoms with Gasteiger partial charge in [0.2, 0.25) is 0 Å². The summed E-state index contributed by atoms with van der Waals surface area (Å²) in [6, 6.07) is 16.9. The first-order chi connectivity index (χ1) is 18.0. The van der Waals surface area contributed by atoms with Crippen molar-refractivity contribution in [3.05, 3.63) is 70.8 Å². The summed E-state index contributed by atoms with van der Waals surface area (Å²) in [6.45, 7) is 4.82. The van der Waals surface area contributed by atoms with Gasteiger partial charge in [-0.2, -0.15) is 0 Å². The molecule has 2 aromatic carbocycles. The van der Waals surface area contributed by atoms with Crippen LogP contribution in [0.5, 0.6) is 0 Å². The van der Waals surface area contributed by atoms with E-state index in [1.165, 1.54) is 24.8 Å². The minimum atomic E-state index is -0.859. The molecule has 3 atom stereocenters. The van der Waals surface area contributed by atoms with E-state index < -0.39 is 5.54 Å². The van der Waals surface area contributed by atoms with E-state index in [0.717, 1.165) is 60.5 Å². The molecular weight excluding hydrogens is 456 g/mol. The van der Waals surface area contributed by atoms with Gasteiger partial charge in [0.05, 0.1) is 12.6 Å². The fraction of sp³-hybridized carbons (Fsp3) is 0.515. The lowest BCUT2D eigenvalue weighted by Gasteiger charge is -2.45. The number of ether oxygens (including phenoxy) is 1. The van der Waals surface area contributed by atoms with Crippen molar-refractivity contribution in [2.24, 2.45) is 22.2 Å². The molecule has 1 amide bonds. The van der Waals surface area contributed by atoms with Crippen LogP contribution in [0.15, 0.2) is 53.5 Å². The molecule has 37 heavy (non-hydrogen) atoms. The Balaban J connectivity index is 1.38. The van der Waals surface area contributed by atoms with Gasteiger partial charge in [0.25, 0.3) is 5.91 Å². The number of aliphatic imine (C=N–C) groups is 1. The summed E-state index contributed by atoms with van der Waals surface area (Å²) in [5.74, 6) is 9.27. The topological polar surface area (TPSA) is 41.9 Å². The lowest BCUT2D eigenvalue weighted by molar-refractivity contribution is -0.138. The quantitative estimate of drug-likeness (QED) is 0.460. The number of rotatable bonds is 5. The Morgan fingerprint density at radius 1 is 1.14 bits per heavy atom. The highest BCUT2D eigenvalue weighted by molar-refractivity contribution is 6.09. The van der Waals surface area contributed by atoms with E-state index in [1.807, 2.05) is 37.1 Å². The molecule has 3 unspecified atom stereocenters. The second-order valence-corrected chi connectivity index (χ2v) is 11.7. The second-order valence-electron chi connectivity index (χ2n) is 11.7. The summed E-state index contributed by atoms with van der Waals surface area (Å²) in [4.78, 5) is 21.8. The molecule has 3 aliphatic carbocycles. The van der Waals surface area contributed by atoms with Crippen molar-refractivity contribution < 1.29 is 9.53 Å². The number of carbonyl (C=O) groups is 1. The Bertz CT molecular complexity index is 1280. The van der Waals surface area contributed by atoms with E-state index in [9.17, 15) is 4.79 Å². The van der Waals surface area contributed by atoms with Crippen LogP contribution in [0, 0.1) is 29.1 Å². The summed E-state index contributed by atoms with van der Waals surface area (Å²) in [5.41, 5.74) is 3.44. The van der Waals surface area contributed by atoms with E-state index >= 15 is 0 Å². The summed E-state index contributed by atoms with van der Waals surface area (Å²) in [6.07, 6.45) is 8.75. The number of amides is 1. The van der Waals surface area contributed by atoms with Crippen molar-refractivity contribution >= 4 is 11.7 Å². The zero-order valence-electron chi connectivity index (χ0n) is 22.4. The molecule has 4 aliphatic rings. The zero-order chi connectivity index (χ0) is 25.6. The average molecular weight is 495 g/mol. The van der Waals surface area contributed by atoms with Crippen LogP contribution in [-0.4, -0.2) is 29.9 Å². The standard InChI is InChI=1S/C33H38N2O2/c1-4-8-26-20-27(26)13-11-24-12-14-28-21-32(17-15-29(37-3)16-18-32)33(30(28)19-24)31(36)35(23(2)34-33)22-25-9-6-5-7-10-25/h5-7,9-10,12,14,19,26-27,29H,4,8,15-18,20-22H2,1-3H3. The molecule has 1 aliphatic heterocycles. The summed E-state index contributed by atoms with van der Waals surface area (Å²) < 4.78 is 5.73. The van der Waals surface area contributed by atoms with Crippen molar-refractivity contribution in [1.82, 2.24) is 4.90 Å². The third kappa shape index (κ3) is 4.03. The first-order valence-corrected chi connectivity index (χ1v) is 14.1. The predicted molar refractivity (Wildman–Crippen MR) is 147 cm³/mol. The Morgan fingerprint density at radius 3 is 2.65 bits per heavy atom. The molecule has 0 aromatic heterocycles. The number of amidine groups is 1. The minimum absolute atomic E-state index is 0.138. The van der Waals surface area contributed by atoms with E-state index in [-0.39, 0.29) is 17.4 Å². The van der Waals surface area contributed by atoms with Crippen LogP contribution in [0.3, 0.4) is 0 Å². The van der Waals surface area contributed by atoms with Gasteiger partial charge in [-0.05, 0) is 86.6 Å². The van der Waals surface area contributed by atoms with Gasteiger partial charge in [0, 0.05) is 24.0 Å². The van der Waals surface area contributed by atoms with Crippen LogP contribution >= 0.6 is 0 Å². The number of methoxy groups -OCH3 is 1. The molecule has 2 fully saturated rings. The summed E-state index contributed by atoms with van der Waals surface area (Å²) in [5, 5.41) is 0. The largest absolute Gasteiger partial charge is 0.381 e. The SMILES string of the molecule is CCCC1CC1C#Cc1ccc2c(c1)C1(N=C(C)N(Cc3ccccc3)C1=O)C1(CCC(OC)CC1)C2. The van der Waals surface area contributed by atoms with Crippen molar-refractivity contribution in [2.75, 3.05) is 7.11 Å². The number of carbonyl (C=O) groups excluding carboxylic acids is 1. The highest BCUT2D eigenvalue weighted by atomic mass is 16.5. The number of benzene rings is 2. The zero-order valence-corrected chi connectivity index (χ0v) is 22.4. The molecule has 0 N–H and O–H groups in total. The third-order valence-corrected chi connectivity index (χ3v) is 9.46. The molecule has 0 bridgehead atoms. The average Bonchev–Trinajstić information content (AvgIpc) is 3.55. The Morgan fingerprint density at radius 2 is 1.92 bits per heavy atom. The fourth-order valence-electron chi connectivity index (χ4n) is 7.30. The summed E-state index contributed by atoms with van der Waals surface area (Å²) in [7, 11) is 1.81. The normalized spacial score (nSPS) is 31.9. The molecule has 192 valence electrons. The van der Waals surface area contributed by atoms with Gasteiger partial charge < -0.3 is 4.74 Å². The van der Waals surface area contributed by atoms with Crippen LogP contribution in [-0.2, 0) is 28.0 Å². The molecule has 0 saturated heterocycles. The van der Waals surface area contributed by atoms with Gasteiger partial charge in [-0.25, -0.2) is 0 Å². The lowest BCUT2D eigenvalue weighted by Crippen LogP contribution is -2.51. The van der Waals surface area contributed by atoms with Crippen molar-refractivity contribution in [2.45, 2.75) is 83.4 Å². The van der Waals surface area contributed by atoms with Crippen LogP contribution in [0.1, 0.15) is 81.0 Å². The van der Waals surface area contributed by atoms with Gasteiger partial charge in [0.15, 0.2) is 5.54 Å². The van der Waals surface area contributed by atoms with Gasteiger partial charge in [-0.1, -0.05) is 61.6 Å². The minimum Gasteiger partial charge on any atom is -0.381 e. The smallest absolute Gasteiger partial charge is 0.261 e. The Hall–Kier alpha value is -2.90. The molecule has 2 saturated carbocycles. The molecule has 4 nitrogen and oxygen atoms in total. The molecule has 1 heterocycles. The van der Waals surface area contributed by atoms with Crippen LogP contribution in [0.2, 0.25) is 0 Å². The molecule has 6 rings (SSSR count). The van der Waals surface area contributed by atoms with Crippen molar-refractivity contribution in [1.29, 1.82) is 0 Å². The first kappa shape index (κ1) is 24.4. The number of nitrogens with zero attached hydrogens (tertiary/aromatic N) is 2. The molecule has 2 spiro atoms. The molecule has 2 aromatic rings. The van der Waals surface area contributed by atoms with Crippen molar-refractivity contribution in [3.63, 3.8) is 0 Å². The van der Waals surface area contributed by atoms with E-state index in [1.54, 1.807) is 0 Å². The third-order valence-electron chi connectivity index (χ3n) is 9.46. The fourth-order valence-corrected chi connectivity index (χ4v) is 7.30. The van der Waals surface area contributed by atoms with Crippen LogP contribution < -0.4 is 0 Å². The molecule has 4 heteroatoms. The van der Waals surface area contributed by atoms with E-state index in [0.29, 0.717) is 12.5 Å². The van der Waals surface area contributed by atoms with Crippen LogP contribution in [0.25, 0.3) is 0 Å². The molecule has 0 radical (unpaired) electrons. The van der Waals surface area contributed by atoms with E-state index in [2.05, 4.69) is 49.1 Å². The second kappa shape index (κ2) is 9.44. The van der Waals surface area contributed by atoms with Gasteiger partial charge in [-0.15, -0.1) is 0 Å². The highest BCUT2D eigenvalue weighted by Gasteiger charge is 2.66. The highest BCUT2D eigenvalue weighted by Crippen LogP contribution is 2.62. The maximum Gasteiger partial charge on any atom is 0.261 e. The number of hydrogen-bond donors (Lipinski definition) is 0. The monoisotopic (exact) mass is 494 g/mol. The van der Waals surface area contributed by atoms with Crippen molar-refractivity contribution in [3.8, 4) is 11.8 Å². The maximum atomic E-state index is 14.6. The Labute approximate surface area is 221 Å². The van der Waals surface area contributed by atoms with Gasteiger partial charge in [0.1, 0.15) is 5.84 Å². The lowest BCUT2D eigenvalue weighted by atomic mass is 9.61. The molecular formula is C33H38N2O2. The number of fused-ring (bicyclic) bond motifs is 3. The number of hydrogen-bond acceptors (Lipinski definition) is 3. The van der Waals surface area contributed by atoms with Crippen LogP contribution in [0.4, 0.5) is 0 Å². The predicted octanol–water partition coefficient (Wildman–Crippen LogP) is 6.26. The van der Waals surface area contributed by atoms with Gasteiger partial charge >= 0.3 is 0 Å². The summed E-state index contributed by atoms with van der Waals surface area (Å²) >= 11 is 0. The first-order valence-electron chi connectivity index (χ1n) is 14.1. The Kier molecular flexibility index (Phi) is 6.24. The van der Waals surface area contributed by atoms with Gasteiger partial charge in [-0.3, -0.25) is 14.7 Å².